The summed E-state index contributed by atoms with van der Waals surface area (Å²) in [6.07, 6.45) is 9.74. The maximum absolute atomic E-state index is 5.49. The van der Waals surface area contributed by atoms with Crippen LogP contribution in [0, 0.1) is 11.8 Å². The van der Waals surface area contributed by atoms with Crippen LogP contribution in [0.15, 0.2) is 0 Å². The lowest BCUT2D eigenvalue weighted by Crippen LogP contribution is -2.40. The number of nitrogens with one attached hydrogen (secondary N) is 1. The molecule has 2 aliphatic rings. The van der Waals surface area contributed by atoms with Crippen molar-refractivity contribution in [3.8, 4) is 0 Å². The van der Waals surface area contributed by atoms with Gasteiger partial charge in [-0.3, -0.25) is 0 Å². The van der Waals surface area contributed by atoms with Crippen LogP contribution in [0.3, 0.4) is 0 Å². The first kappa shape index (κ1) is 12.4. The van der Waals surface area contributed by atoms with Crippen molar-refractivity contribution in [1.82, 2.24) is 5.32 Å². The molecular weight excluding hydrogens is 198 g/mol. The van der Waals surface area contributed by atoms with Gasteiger partial charge in [-0.2, -0.15) is 0 Å². The molecule has 16 heavy (non-hydrogen) atoms. The molecule has 1 aliphatic heterocycles. The quantitative estimate of drug-likeness (QED) is 0.794. The summed E-state index contributed by atoms with van der Waals surface area (Å²) in [5.74, 6) is 1.96. The highest BCUT2D eigenvalue weighted by Crippen LogP contribution is 2.30. The first-order valence-corrected chi connectivity index (χ1v) is 7.19. The van der Waals surface area contributed by atoms with E-state index in [1.165, 1.54) is 51.5 Å². The fourth-order valence-electron chi connectivity index (χ4n) is 3.08. The summed E-state index contributed by atoms with van der Waals surface area (Å²) in [5, 5.41) is 3.70. The van der Waals surface area contributed by atoms with Crippen LogP contribution in [-0.2, 0) is 4.74 Å². The zero-order chi connectivity index (χ0) is 11.2. The highest BCUT2D eigenvalue weighted by Gasteiger charge is 2.21. The van der Waals surface area contributed by atoms with E-state index in [4.69, 9.17) is 4.74 Å². The lowest BCUT2D eigenvalue weighted by molar-refractivity contribution is 0.0679. The fraction of sp³-hybridized carbons (Fsp3) is 1.00. The molecule has 94 valence electrons. The maximum Gasteiger partial charge on any atom is 0.0619 e. The molecular formula is C14H27NO. The van der Waals surface area contributed by atoms with Crippen LogP contribution in [0.25, 0.3) is 0 Å². The maximum atomic E-state index is 5.49. The van der Waals surface area contributed by atoms with Crippen molar-refractivity contribution in [2.45, 2.75) is 57.9 Å². The Bertz CT molecular complexity index is 181. The molecule has 1 aliphatic carbocycles. The van der Waals surface area contributed by atoms with Gasteiger partial charge in [-0.05, 0) is 44.1 Å². The first-order valence-electron chi connectivity index (χ1n) is 7.19. The summed E-state index contributed by atoms with van der Waals surface area (Å²) in [6.45, 7) is 5.47. The third kappa shape index (κ3) is 3.74. The first-order chi connectivity index (χ1) is 7.88. The van der Waals surface area contributed by atoms with Crippen molar-refractivity contribution in [3.63, 3.8) is 0 Å². The Morgan fingerprint density at radius 2 is 1.81 bits per heavy atom. The molecule has 2 heteroatoms. The van der Waals surface area contributed by atoms with Crippen molar-refractivity contribution >= 4 is 0 Å². The van der Waals surface area contributed by atoms with Gasteiger partial charge in [0, 0.05) is 12.6 Å². The SMILES string of the molecule is CCC1CCC(CNC2CCCOC2)CC1. The van der Waals surface area contributed by atoms with Gasteiger partial charge in [0.25, 0.3) is 0 Å². The largest absolute Gasteiger partial charge is 0.380 e. The van der Waals surface area contributed by atoms with Crippen molar-refractivity contribution in [3.05, 3.63) is 0 Å². The summed E-state index contributed by atoms with van der Waals surface area (Å²) in [5.41, 5.74) is 0. The van der Waals surface area contributed by atoms with E-state index in [2.05, 4.69) is 12.2 Å². The van der Waals surface area contributed by atoms with E-state index in [1.807, 2.05) is 0 Å². The minimum Gasteiger partial charge on any atom is -0.380 e. The normalized spacial score (nSPS) is 36.2. The Morgan fingerprint density at radius 3 is 2.44 bits per heavy atom. The highest BCUT2D eigenvalue weighted by molar-refractivity contribution is 4.76. The van der Waals surface area contributed by atoms with E-state index in [0.29, 0.717) is 6.04 Å². The highest BCUT2D eigenvalue weighted by atomic mass is 16.5. The van der Waals surface area contributed by atoms with Crippen LogP contribution in [-0.4, -0.2) is 25.8 Å². The van der Waals surface area contributed by atoms with Gasteiger partial charge in [0.05, 0.1) is 6.61 Å². The fourth-order valence-corrected chi connectivity index (χ4v) is 3.08. The summed E-state index contributed by atoms with van der Waals surface area (Å²) < 4.78 is 5.49. The van der Waals surface area contributed by atoms with E-state index in [-0.39, 0.29) is 0 Å². The van der Waals surface area contributed by atoms with E-state index >= 15 is 0 Å². The van der Waals surface area contributed by atoms with Gasteiger partial charge in [0.1, 0.15) is 0 Å². The lowest BCUT2D eigenvalue weighted by Gasteiger charge is -2.30. The van der Waals surface area contributed by atoms with E-state index in [1.54, 1.807) is 0 Å². The molecule has 0 spiro atoms. The zero-order valence-electron chi connectivity index (χ0n) is 10.7. The summed E-state index contributed by atoms with van der Waals surface area (Å²) in [4.78, 5) is 0. The molecule has 1 N–H and O–H groups in total. The molecule has 1 saturated heterocycles. The third-order valence-electron chi connectivity index (χ3n) is 4.40. The van der Waals surface area contributed by atoms with Gasteiger partial charge in [-0.25, -0.2) is 0 Å². The predicted octanol–water partition coefficient (Wildman–Crippen LogP) is 2.97. The van der Waals surface area contributed by atoms with Crippen LogP contribution in [0.2, 0.25) is 0 Å². The molecule has 0 radical (unpaired) electrons. The number of hydrogen-bond acceptors (Lipinski definition) is 2. The Morgan fingerprint density at radius 1 is 1.06 bits per heavy atom. The number of hydrogen-bond donors (Lipinski definition) is 1. The Balaban J connectivity index is 1.59. The van der Waals surface area contributed by atoms with E-state index < -0.39 is 0 Å². The Labute approximate surface area is 100 Å². The van der Waals surface area contributed by atoms with Gasteiger partial charge < -0.3 is 10.1 Å². The summed E-state index contributed by atoms with van der Waals surface area (Å²) in [6, 6.07) is 0.637. The molecule has 1 heterocycles. The molecule has 0 bridgehead atoms. The van der Waals surface area contributed by atoms with Gasteiger partial charge in [0.2, 0.25) is 0 Å². The molecule has 2 rings (SSSR count). The molecule has 1 unspecified atom stereocenters. The average Bonchev–Trinajstić information content (AvgIpc) is 2.38. The third-order valence-corrected chi connectivity index (χ3v) is 4.40. The lowest BCUT2D eigenvalue weighted by atomic mass is 9.81. The second kappa shape index (κ2) is 6.61. The molecule has 1 saturated carbocycles. The molecule has 0 amide bonds. The van der Waals surface area contributed by atoms with Crippen molar-refractivity contribution in [1.29, 1.82) is 0 Å². The minimum atomic E-state index is 0.637. The number of ether oxygens (including phenoxy) is 1. The zero-order valence-corrected chi connectivity index (χ0v) is 10.7. The van der Waals surface area contributed by atoms with E-state index in [0.717, 1.165) is 25.0 Å². The van der Waals surface area contributed by atoms with Gasteiger partial charge >= 0.3 is 0 Å². The Hall–Kier alpha value is -0.0800. The monoisotopic (exact) mass is 225 g/mol. The summed E-state index contributed by atoms with van der Waals surface area (Å²) >= 11 is 0. The topological polar surface area (TPSA) is 21.3 Å². The van der Waals surface area contributed by atoms with Crippen molar-refractivity contribution in [2.75, 3.05) is 19.8 Å². The van der Waals surface area contributed by atoms with Gasteiger partial charge in [-0.1, -0.05) is 26.2 Å². The second-order valence-electron chi connectivity index (χ2n) is 5.62. The second-order valence-corrected chi connectivity index (χ2v) is 5.62. The molecule has 2 nitrogen and oxygen atoms in total. The number of rotatable bonds is 4. The van der Waals surface area contributed by atoms with Crippen LogP contribution >= 0.6 is 0 Å². The smallest absolute Gasteiger partial charge is 0.0619 e. The average molecular weight is 225 g/mol. The van der Waals surface area contributed by atoms with Crippen LogP contribution in [0.4, 0.5) is 0 Å². The van der Waals surface area contributed by atoms with Crippen molar-refractivity contribution < 1.29 is 4.74 Å². The van der Waals surface area contributed by atoms with Crippen molar-refractivity contribution in [2.24, 2.45) is 11.8 Å². The summed E-state index contributed by atoms with van der Waals surface area (Å²) in [7, 11) is 0. The predicted molar refractivity (Wildman–Crippen MR) is 67.6 cm³/mol. The standard InChI is InChI=1S/C14H27NO/c1-2-12-5-7-13(8-6-12)10-15-14-4-3-9-16-11-14/h12-15H,2-11H2,1H3. The van der Waals surface area contributed by atoms with E-state index in [9.17, 15) is 0 Å². The molecule has 0 aromatic rings. The van der Waals surface area contributed by atoms with Gasteiger partial charge in [-0.15, -0.1) is 0 Å². The molecule has 0 aromatic heterocycles. The molecule has 2 fully saturated rings. The van der Waals surface area contributed by atoms with Crippen LogP contribution in [0.5, 0.6) is 0 Å². The minimum absolute atomic E-state index is 0.637. The van der Waals surface area contributed by atoms with Gasteiger partial charge in [0.15, 0.2) is 0 Å². The molecule has 0 aromatic carbocycles. The molecule has 1 atom stereocenters. The van der Waals surface area contributed by atoms with Crippen LogP contribution in [0.1, 0.15) is 51.9 Å². The Kier molecular flexibility index (Phi) is 5.11. The van der Waals surface area contributed by atoms with Crippen LogP contribution < -0.4 is 5.32 Å².